The number of carbonyl (C=O) groups is 2. The maximum atomic E-state index is 12.7. The minimum Gasteiger partial charge on any atom is -0.497 e. The second-order valence-electron chi connectivity index (χ2n) is 9.34. The number of ether oxygens (including phenoxy) is 2. The first-order valence-electron chi connectivity index (χ1n) is 12.7. The Kier molecular flexibility index (Phi) is 8.04. The summed E-state index contributed by atoms with van der Waals surface area (Å²) < 4.78 is 10.5. The fraction of sp³-hybridized carbons (Fsp3) is 0.276. The Labute approximate surface area is 231 Å². The molecular formula is C29H31N5O4S. The Morgan fingerprint density at radius 2 is 1.77 bits per heavy atom. The van der Waals surface area contributed by atoms with Crippen molar-refractivity contribution in [3.63, 3.8) is 0 Å². The molecule has 1 aromatic heterocycles. The molecule has 1 aliphatic heterocycles. The molecule has 10 heteroatoms. The zero-order valence-electron chi connectivity index (χ0n) is 21.9. The summed E-state index contributed by atoms with van der Waals surface area (Å²) in [5.74, 6) is -0.0587. The lowest BCUT2D eigenvalue weighted by atomic mass is 10.1. The SMILES string of the molecule is COC(=O)C(Sc1nc2c(C(N)=O)cccc2[nH]1)c1ccc(CN2CCN(c3cccc(OC)c3)CC2)cc1. The number of para-hydroxylation sites is 1. The summed E-state index contributed by atoms with van der Waals surface area (Å²) in [4.78, 5) is 37.0. The molecule has 5 rings (SSSR count). The van der Waals surface area contributed by atoms with Gasteiger partial charge in [-0.25, -0.2) is 4.98 Å². The third-order valence-corrected chi connectivity index (χ3v) is 8.00. The van der Waals surface area contributed by atoms with Crippen molar-refractivity contribution in [2.75, 3.05) is 45.3 Å². The Hall–Kier alpha value is -4.02. The Balaban J connectivity index is 1.24. The van der Waals surface area contributed by atoms with E-state index in [1.165, 1.54) is 30.1 Å². The first kappa shape index (κ1) is 26.6. The summed E-state index contributed by atoms with van der Waals surface area (Å²) in [7, 11) is 3.06. The van der Waals surface area contributed by atoms with Gasteiger partial charge in [-0.1, -0.05) is 48.2 Å². The number of piperazine rings is 1. The minimum atomic E-state index is -0.618. The molecule has 3 aromatic carbocycles. The van der Waals surface area contributed by atoms with Crippen molar-refractivity contribution in [2.24, 2.45) is 5.73 Å². The van der Waals surface area contributed by atoms with Crippen LogP contribution in [0.2, 0.25) is 0 Å². The van der Waals surface area contributed by atoms with Gasteiger partial charge in [-0.3, -0.25) is 14.5 Å². The monoisotopic (exact) mass is 545 g/mol. The molecule has 1 atom stereocenters. The molecule has 39 heavy (non-hydrogen) atoms. The molecule has 0 aliphatic carbocycles. The van der Waals surface area contributed by atoms with Crippen molar-refractivity contribution >= 4 is 40.4 Å². The van der Waals surface area contributed by atoms with Crippen molar-refractivity contribution in [3.05, 3.63) is 83.4 Å². The summed E-state index contributed by atoms with van der Waals surface area (Å²) in [6.07, 6.45) is 0. The van der Waals surface area contributed by atoms with Crippen molar-refractivity contribution in [1.82, 2.24) is 14.9 Å². The number of hydrogen-bond acceptors (Lipinski definition) is 8. The van der Waals surface area contributed by atoms with Crippen LogP contribution in [0.5, 0.6) is 5.75 Å². The molecule has 1 aliphatic rings. The average Bonchev–Trinajstić information content (AvgIpc) is 3.39. The number of amides is 1. The second-order valence-corrected chi connectivity index (χ2v) is 10.4. The van der Waals surface area contributed by atoms with Gasteiger partial charge in [0.25, 0.3) is 5.91 Å². The van der Waals surface area contributed by atoms with E-state index in [4.69, 9.17) is 15.2 Å². The molecule has 1 fully saturated rings. The molecule has 1 unspecified atom stereocenters. The number of imidazole rings is 1. The average molecular weight is 546 g/mol. The van der Waals surface area contributed by atoms with E-state index in [1.54, 1.807) is 19.2 Å². The van der Waals surface area contributed by atoms with E-state index in [0.717, 1.165) is 44.0 Å². The highest BCUT2D eigenvalue weighted by molar-refractivity contribution is 8.00. The van der Waals surface area contributed by atoms with Gasteiger partial charge in [-0.15, -0.1) is 0 Å². The number of benzene rings is 3. The van der Waals surface area contributed by atoms with Crippen molar-refractivity contribution < 1.29 is 19.1 Å². The highest BCUT2D eigenvalue weighted by atomic mass is 32.2. The number of methoxy groups -OCH3 is 2. The number of fused-ring (bicyclic) bond motifs is 1. The van der Waals surface area contributed by atoms with Crippen LogP contribution in [0.25, 0.3) is 11.0 Å². The van der Waals surface area contributed by atoms with Crippen LogP contribution in [0, 0.1) is 0 Å². The summed E-state index contributed by atoms with van der Waals surface area (Å²) in [5, 5.41) is -0.111. The number of primary amides is 1. The van der Waals surface area contributed by atoms with Crippen LogP contribution in [0.4, 0.5) is 5.69 Å². The predicted octanol–water partition coefficient (Wildman–Crippen LogP) is 4.00. The van der Waals surface area contributed by atoms with Crippen LogP contribution in [0.15, 0.2) is 71.9 Å². The van der Waals surface area contributed by atoms with Gasteiger partial charge in [-0.05, 0) is 35.4 Å². The van der Waals surface area contributed by atoms with Crippen molar-refractivity contribution in [3.8, 4) is 5.75 Å². The highest BCUT2D eigenvalue weighted by Crippen LogP contribution is 2.36. The molecule has 9 nitrogen and oxygen atoms in total. The molecule has 0 saturated carbocycles. The van der Waals surface area contributed by atoms with Crippen LogP contribution >= 0.6 is 11.8 Å². The molecule has 4 aromatic rings. The second kappa shape index (κ2) is 11.8. The molecule has 0 radical (unpaired) electrons. The topological polar surface area (TPSA) is 114 Å². The zero-order chi connectivity index (χ0) is 27.4. The number of carbonyl (C=O) groups excluding carboxylic acids is 2. The lowest BCUT2D eigenvalue weighted by Crippen LogP contribution is -2.45. The van der Waals surface area contributed by atoms with E-state index in [1.807, 2.05) is 30.3 Å². The number of hydrogen-bond donors (Lipinski definition) is 2. The summed E-state index contributed by atoms with van der Waals surface area (Å²) in [5.41, 5.74) is 10.2. The number of thioether (sulfide) groups is 1. The zero-order valence-corrected chi connectivity index (χ0v) is 22.7. The van der Waals surface area contributed by atoms with E-state index in [2.05, 4.69) is 44.0 Å². The standard InChI is InChI=1S/C29H31N5O4S/c1-37-22-6-3-5-21(17-22)34-15-13-33(14-16-34)18-19-9-11-20(12-10-19)26(28(36)38-2)39-29-31-24-8-4-7-23(27(30)35)25(24)32-29/h3-12,17,26H,13-16,18H2,1-2H3,(H2,30,35)(H,31,32). The van der Waals surface area contributed by atoms with E-state index >= 15 is 0 Å². The van der Waals surface area contributed by atoms with Crippen molar-refractivity contribution in [2.45, 2.75) is 17.0 Å². The van der Waals surface area contributed by atoms with Gasteiger partial charge in [0.15, 0.2) is 5.16 Å². The molecule has 2 heterocycles. The third-order valence-electron chi connectivity index (χ3n) is 6.88. The van der Waals surface area contributed by atoms with Gasteiger partial charge >= 0.3 is 5.97 Å². The number of aromatic amines is 1. The number of anilines is 1. The van der Waals surface area contributed by atoms with Gasteiger partial charge in [0.05, 0.1) is 25.3 Å². The molecule has 202 valence electrons. The first-order chi connectivity index (χ1) is 18.9. The van der Waals surface area contributed by atoms with Crippen LogP contribution in [-0.4, -0.2) is 67.1 Å². The first-order valence-corrected chi connectivity index (χ1v) is 13.6. The van der Waals surface area contributed by atoms with Crippen LogP contribution in [0.3, 0.4) is 0 Å². The maximum absolute atomic E-state index is 12.7. The van der Waals surface area contributed by atoms with Gasteiger partial charge in [-0.2, -0.15) is 0 Å². The lowest BCUT2D eigenvalue weighted by molar-refractivity contribution is -0.140. The van der Waals surface area contributed by atoms with Crippen LogP contribution < -0.4 is 15.4 Å². The van der Waals surface area contributed by atoms with E-state index in [-0.39, 0.29) is 5.97 Å². The van der Waals surface area contributed by atoms with Crippen LogP contribution in [-0.2, 0) is 16.1 Å². The Bertz CT molecular complexity index is 1460. The smallest absolute Gasteiger partial charge is 0.323 e. The fourth-order valence-electron chi connectivity index (χ4n) is 4.76. The van der Waals surface area contributed by atoms with Gasteiger partial charge in [0.1, 0.15) is 16.5 Å². The number of nitrogens with zero attached hydrogens (tertiary/aromatic N) is 3. The fourth-order valence-corrected chi connectivity index (χ4v) is 5.78. The molecule has 3 N–H and O–H groups in total. The normalized spacial score (nSPS) is 14.8. The largest absolute Gasteiger partial charge is 0.497 e. The molecule has 1 saturated heterocycles. The third kappa shape index (κ3) is 6.02. The predicted molar refractivity (Wildman–Crippen MR) is 152 cm³/mol. The lowest BCUT2D eigenvalue weighted by Gasteiger charge is -2.36. The number of esters is 1. The summed E-state index contributed by atoms with van der Waals surface area (Å²) >= 11 is 1.24. The Morgan fingerprint density at radius 3 is 2.46 bits per heavy atom. The number of nitrogens with two attached hydrogens (primary N) is 1. The summed E-state index contributed by atoms with van der Waals surface area (Å²) in [6.45, 7) is 4.64. The number of H-pyrrole nitrogens is 1. The van der Waals surface area contributed by atoms with Gasteiger partial charge < -0.3 is 25.1 Å². The van der Waals surface area contributed by atoms with Crippen LogP contribution in [0.1, 0.15) is 26.7 Å². The molecule has 0 spiro atoms. The van der Waals surface area contributed by atoms with E-state index in [9.17, 15) is 9.59 Å². The van der Waals surface area contributed by atoms with Gasteiger partial charge in [0.2, 0.25) is 0 Å². The van der Waals surface area contributed by atoms with E-state index in [0.29, 0.717) is 21.8 Å². The molecule has 0 bridgehead atoms. The minimum absolute atomic E-state index is 0.332. The Morgan fingerprint density at radius 1 is 1.03 bits per heavy atom. The molecular weight excluding hydrogens is 514 g/mol. The highest BCUT2D eigenvalue weighted by Gasteiger charge is 2.25. The number of aromatic nitrogens is 2. The maximum Gasteiger partial charge on any atom is 0.323 e. The van der Waals surface area contributed by atoms with Crippen molar-refractivity contribution in [1.29, 1.82) is 0 Å². The van der Waals surface area contributed by atoms with E-state index < -0.39 is 11.2 Å². The summed E-state index contributed by atoms with van der Waals surface area (Å²) in [6, 6.07) is 21.4. The number of nitrogens with one attached hydrogen (secondary N) is 1. The number of rotatable bonds is 9. The molecule has 1 amide bonds. The quantitative estimate of drug-likeness (QED) is 0.240. The van der Waals surface area contributed by atoms with Gasteiger partial charge in [0, 0.05) is 44.5 Å².